The van der Waals surface area contributed by atoms with Crippen molar-refractivity contribution in [2.24, 2.45) is 23.7 Å². The monoisotopic (exact) mass is 538 g/mol. The third-order valence-corrected chi connectivity index (χ3v) is 8.38. The number of nitrogens with one attached hydrogen (secondary N) is 1. The second kappa shape index (κ2) is 10.6. The number of hydrogen-bond donors (Lipinski definition) is 1. The zero-order valence-electron chi connectivity index (χ0n) is 22.1. The Kier molecular flexibility index (Phi) is 6.84. The van der Waals surface area contributed by atoms with Crippen LogP contribution >= 0.6 is 0 Å². The van der Waals surface area contributed by atoms with E-state index in [-0.39, 0.29) is 47.0 Å². The summed E-state index contributed by atoms with van der Waals surface area (Å²) in [7, 11) is 0. The number of imide groups is 1. The Morgan fingerprint density at radius 3 is 2.45 bits per heavy atom. The van der Waals surface area contributed by atoms with E-state index >= 15 is 0 Å². The van der Waals surface area contributed by atoms with E-state index in [4.69, 9.17) is 9.47 Å². The second-order valence-corrected chi connectivity index (χ2v) is 10.6. The van der Waals surface area contributed by atoms with Gasteiger partial charge in [-0.15, -0.1) is 0 Å². The van der Waals surface area contributed by atoms with Crippen LogP contribution in [0.15, 0.2) is 78.9 Å². The van der Waals surface area contributed by atoms with Gasteiger partial charge in [-0.05, 0) is 73.4 Å². The lowest BCUT2D eigenvalue weighted by Gasteiger charge is -2.28. The van der Waals surface area contributed by atoms with Gasteiger partial charge in [-0.1, -0.05) is 48.5 Å². The van der Waals surface area contributed by atoms with Crippen LogP contribution in [0.2, 0.25) is 0 Å². The Bertz CT molecular complexity index is 1470. The number of amides is 3. The highest BCUT2D eigenvalue weighted by Gasteiger charge is 2.64. The van der Waals surface area contributed by atoms with E-state index in [0.717, 1.165) is 12.8 Å². The van der Waals surface area contributed by atoms with E-state index in [1.54, 1.807) is 36.4 Å². The lowest BCUT2D eigenvalue weighted by molar-refractivity contribution is -0.123. The molecule has 1 aliphatic heterocycles. The largest absolute Gasteiger partial charge is 0.492 e. The summed E-state index contributed by atoms with van der Waals surface area (Å²) in [4.78, 5) is 53.6. The molecule has 0 unspecified atom stereocenters. The van der Waals surface area contributed by atoms with Gasteiger partial charge in [-0.2, -0.15) is 0 Å². The first-order valence-electron chi connectivity index (χ1n) is 13.7. The van der Waals surface area contributed by atoms with Crippen LogP contribution < -0.4 is 15.0 Å². The lowest BCUT2D eigenvalue weighted by Crippen LogP contribution is -2.33. The minimum atomic E-state index is -0.724. The van der Waals surface area contributed by atoms with E-state index < -0.39 is 18.5 Å². The molecular weight excluding hydrogens is 508 g/mol. The van der Waals surface area contributed by atoms with Crippen molar-refractivity contribution in [1.82, 2.24) is 0 Å². The summed E-state index contributed by atoms with van der Waals surface area (Å²) in [5.74, 6) is -1.15. The number of hydrogen-bond acceptors (Lipinski definition) is 6. The van der Waals surface area contributed by atoms with Crippen LogP contribution in [-0.4, -0.2) is 36.9 Å². The van der Waals surface area contributed by atoms with Crippen molar-refractivity contribution in [2.45, 2.75) is 25.7 Å². The molecule has 8 heteroatoms. The summed E-state index contributed by atoms with van der Waals surface area (Å²) in [6, 6.07) is 23.5. The smallest absolute Gasteiger partial charge is 0.338 e. The number of ether oxygens (including phenoxy) is 2. The molecule has 1 heterocycles. The van der Waals surface area contributed by atoms with Gasteiger partial charge < -0.3 is 14.8 Å². The van der Waals surface area contributed by atoms with E-state index in [0.29, 0.717) is 23.7 Å². The number of nitrogens with zero attached hydrogens (tertiary/aromatic N) is 1. The average molecular weight is 539 g/mol. The van der Waals surface area contributed by atoms with Crippen molar-refractivity contribution in [3.8, 4) is 5.75 Å². The minimum Gasteiger partial charge on any atom is -0.492 e. The van der Waals surface area contributed by atoms with Crippen molar-refractivity contribution < 1.29 is 28.7 Å². The number of esters is 1. The van der Waals surface area contributed by atoms with Crippen LogP contribution in [-0.2, 0) is 19.1 Å². The molecule has 3 fully saturated rings. The molecule has 5 atom stereocenters. The Labute approximate surface area is 232 Å². The minimum absolute atomic E-state index is 0.137. The van der Waals surface area contributed by atoms with Gasteiger partial charge in [0.1, 0.15) is 5.75 Å². The highest BCUT2D eigenvalue weighted by Crippen LogP contribution is 2.61. The van der Waals surface area contributed by atoms with Crippen LogP contribution in [0.4, 0.5) is 11.4 Å². The van der Waals surface area contributed by atoms with Crippen molar-refractivity contribution in [2.75, 3.05) is 23.4 Å². The zero-order valence-corrected chi connectivity index (χ0v) is 22.1. The molecule has 0 radical (unpaired) electrons. The third kappa shape index (κ3) is 4.53. The van der Waals surface area contributed by atoms with Gasteiger partial charge in [0.15, 0.2) is 6.61 Å². The van der Waals surface area contributed by atoms with Gasteiger partial charge >= 0.3 is 5.97 Å². The predicted octanol–water partition coefficient (Wildman–Crippen LogP) is 4.81. The number of anilines is 2. The van der Waals surface area contributed by atoms with Crippen molar-refractivity contribution in [1.29, 1.82) is 0 Å². The zero-order chi connectivity index (χ0) is 27.8. The number of rotatable bonds is 8. The van der Waals surface area contributed by atoms with Gasteiger partial charge in [0.2, 0.25) is 11.8 Å². The van der Waals surface area contributed by atoms with Crippen molar-refractivity contribution >= 4 is 35.1 Å². The summed E-state index contributed by atoms with van der Waals surface area (Å²) in [5.41, 5.74) is 2.21. The van der Waals surface area contributed by atoms with Crippen LogP contribution in [0.5, 0.6) is 5.75 Å². The summed E-state index contributed by atoms with van der Waals surface area (Å²) < 4.78 is 10.7. The quantitative estimate of drug-likeness (QED) is 0.326. The van der Waals surface area contributed by atoms with Crippen molar-refractivity contribution in [3.05, 3.63) is 90.0 Å². The van der Waals surface area contributed by atoms with Crippen LogP contribution in [0, 0.1) is 23.7 Å². The molecule has 3 amide bonds. The normalized spacial score (nSPS) is 24.6. The molecule has 40 heavy (non-hydrogen) atoms. The number of benzene rings is 3. The number of carbonyl (C=O) groups excluding carboxylic acids is 4. The van der Waals surface area contributed by atoms with E-state index in [1.165, 1.54) is 22.6 Å². The molecule has 6 rings (SSSR count). The first kappa shape index (κ1) is 25.8. The Hall–Kier alpha value is -4.46. The maximum absolute atomic E-state index is 13.6. The SMILES string of the molecule is CCOc1ccccc1NC(=O)COC(=O)c1cccc(N2C(=O)[C@@H]3[C@@H]4C[C@@H]([C@H]3C2=O)[C@H](c2ccccc2)C4)c1. The Morgan fingerprint density at radius 2 is 1.65 bits per heavy atom. The molecule has 204 valence electrons. The fraction of sp³-hybridized carbons (Fsp3) is 0.312. The van der Waals surface area contributed by atoms with E-state index in [9.17, 15) is 19.2 Å². The first-order chi connectivity index (χ1) is 19.5. The summed E-state index contributed by atoms with van der Waals surface area (Å²) >= 11 is 0. The van der Waals surface area contributed by atoms with Crippen LogP contribution in [0.1, 0.15) is 41.6 Å². The fourth-order valence-corrected chi connectivity index (χ4v) is 6.82. The van der Waals surface area contributed by atoms with Crippen LogP contribution in [0.3, 0.4) is 0 Å². The molecule has 0 aromatic heterocycles. The Balaban J connectivity index is 1.13. The van der Waals surface area contributed by atoms with Crippen molar-refractivity contribution in [3.63, 3.8) is 0 Å². The molecule has 3 aromatic carbocycles. The highest BCUT2D eigenvalue weighted by atomic mass is 16.5. The lowest BCUT2D eigenvalue weighted by atomic mass is 9.73. The predicted molar refractivity (Wildman–Crippen MR) is 148 cm³/mol. The maximum atomic E-state index is 13.6. The van der Waals surface area contributed by atoms with E-state index in [1.807, 2.05) is 25.1 Å². The summed E-state index contributed by atoms with van der Waals surface area (Å²) in [6.45, 7) is 1.78. The molecule has 1 saturated heterocycles. The molecule has 3 aliphatic rings. The molecule has 1 N–H and O–H groups in total. The number of fused-ring (bicyclic) bond motifs is 5. The van der Waals surface area contributed by atoms with Gasteiger partial charge in [0.05, 0.1) is 35.4 Å². The third-order valence-electron chi connectivity index (χ3n) is 8.38. The molecule has 0 spiro atoms. The molecule has 2 aliphatic carbocycles. The first-order valence-corrected chi connectivity index (χ1v) is 13.7. The standard InChI is InChI=1S/C32H30N2O6/c1-2-39-26-14-7-6-13-25(26)33-27(35)18-40-32(38)20-11-8-12-22(15-20)34-30(36)28-21-16-23(19-9-4-3-5-10-19)24(17-21)29(28)31(34)37/h3-15,21,23-24,28-29H,2,16-18H2,1H3,(H,33,35)/t21-,23-,24+,28+,29+/m0/s1. The molecular formula is C32H30N2O6. The second-order valence-electron chi connectivity index (χ2n) is 10.6. The van der Waals surface area contributed by atoms with Gasteiger partial charge in [0, 0.05) is 0 Å². The summed E-state index contributed by atoms with van der Waals surface area (Å²) in [6.07, 6.45) is 1.80. The number of para-hydroxylation sites is 2. The molecule has 3 aromatic rings. The fourth-order valence-electron chi connectivity index (χ4n) is 6.82. The van der Waals surface area contributed by atoms with Gasteiger partial charge in [-0.3, -0.25) is 19.3 Å². The molecule has 2 bridgehead atoms. The van der Waals surface area contributed by atoms with Crippen LogP contribution in [0.25, 0.3) is 0 Å². The van der Waals surface area contributed by atoms with Gasteiger partial charge in [0.25, 0.3) is 5.91 Å². The topological polar surface area (TPSA) is 102 Å². The Morgan fingerprint density at radius 1 is 0.900 bits per heavy atom. The molecule has 8 nitrogen and oxygen atoms in total. The maximum Gasteiger partial charge on any atom is 0.338 e. The molecule has 2 saturated carbocycles. The van der Waals surface area contributed by atoms with E-state index in [2.05, 4.69) is 17.4 Å². The number of carbonyl (C=O) groups is 4. The average Bonchev–Trinajstić information content (AvgIpc) is 3.64. The van der Waals surface area contributed by atoms with Gasteiger partial charge in [-0.25, -0.2) is 4.79 Å². The highest BCUT2D eigenvalue weighted by molar-refractivity contribution is 6.23. The summed E-state index contributed by atoms with van der Waals surface area (Å²) in [5, 5.41) is 2.68.